The Morgan fingerprint density at radius 1 is 0.800 bits per heavy atom. The molecular weight excluding hydrogens is 322 g/mol. The molecular formula is C23H32NS+. The fraction of sp³-hybridized carbons (Fsp3) is 0.478. The van der Waals surface area contributed by atoms with E-state index >= 15 is 0 Å². The van der Waals surface area contributed by atoms with Gasteiger partial charge in [-0.05, 0) is 31.0 Å². The summed E-state index contributed by atoms with van der Waals surface area (Å²) in [5.74, 6) is 0. The smallest absolute Gasteiger partial charge is 0.104 e. The Labute approximate surface area is 156 Å². The molecule has 0 spiro atoms. The standard InChI is InChI=1S/C23H32NS/c1-4-5-6-7-8-11-16-24(2,3)18-19-14-15-23-21(17-19)20-12-9-10-13-22(20)25-23/h9-10,12-15,17H,4-8,11,16,18H2,1-3H3/q+1. The lowest BCUT2D eigenvalue weighted by Crippen LogP contribution is -2.39. The van der Waals surface area contributed by atoms with Crippen molar-refractivity contribution in [3.05, 3.63) is 48.0 Å². The zero-order valence-corrected chi connectivity index (χ0v) is 16.9. The first-order valence-electron chi connectivity index (χ1n) is 9.81. The van der Waals surface area contributed by atoms with Crippen LogP contribution in [0.5, 0.6) is 0 Å². The highest BCUT2D eigenvalue weighted by atomic mass is 32.1. The summed E-state index contributed by atoms with van der Waals surface area (Å²) in [5.41, 5.74) is 1.46. The minimum Gasteiger partial charge on any atom is -0.325 e. The summed E-state index contributed by atoms with van der Waals surface area (Å²) in [4.78, 5) is 0. The fourth-order valence-electron chi connectivity index (χ4n) is 3.77. The van der Waals surface area contributed by atoms with Gasteiger partial charge in [0.1, 0.15) is 6.54 Å². The molecule has 0 saturated heterocycles. The average Bonchev–Trinajstić information content (AvgIpc) is 2.96. The van der Waals surface area contributed by atoms with Gasteiger partial charge in [-0.1, -0.05) is 56.9 Å². The Kier molecular flexibility index (Phi) is 6.14. The molecule has 0 bridgehead atoms. The number of rotatable bonds is 9. The van der Waals surface area contributed by atoms with Gasteiger partial charge >= 0.3 is 0 Å². The van der Waals surface area contributed by atoms with E-state index in [1.54, 1.807) is 0 Å². The van der Waals surface area contributed by atoms with Crippen LogP contribution in [0, 0.1) is 0 Å². The van der Waals surface area contributed by atoms with Crippen molar-refractivity contribution in [2.75, 3.05) is 20.6 Å². The fourth-order valence-corrected chi connectivity index (χ4v) is 4.85. The first kappa shape index (κ1) is 18.4. The highest BCUT2D eigenvalue weighted by Crippen LogP contribution is 2.34. The largest absolute Gasteiger partial charge is 0.325 e. The normalized spacial score (nSPS) is 12.3. The summed E-state index contributed by atoms with van der Waals surface area (Å²) >= 11 is 1.91. The first-order chi connectivity index (χ1) is 12.1. The van der Waals surface area contributed by atoms with Crippen LogP contribution in [0.15, 0.2) is 42.5 Å². The molecule has 1 nitrogen and oxygen atoms in total. The summed E-state index contributed by atoms with van der Waals surface area (Å²) in [6, 6.07) is 15.9. The molecule has 0 fully saturated rings. The van der Waals surface area contributed by atoms with Crippen molar-refractivity contribution in [2.45, 2.75) is 52.0 Å². The summed E-state index contributed by atoms with van der Waals surface area (Å²) in [5, 5.41) is 2.84. The number of fused-ring (bicyclic) bond motifs is 3. The molecule has 1 aromatic heterocycles. The molecule has 3 aromatic rings. The van der Waals surface area contributed by atoms with Gasteiger partial charge in [0, 0.05) is 25.7 Å². The van der Waals surface area contributed by atoms with Gasteiger partial charge in [0.15, 0.2) is 0 Å². The number of quaternary nitrogens is 1. The van der Waals surface area contributed by atoms with E-state index in [0.29, 0.717) is 0 Å². The van der Waals surface area contributed by atoms with Crippen LogP contribution >= 0.6 is 11.3 Å². The van der Waals surface area contributed by atoms with Gasteiger partial charge < -0.3 is 4.48 Å². The molecule has 0 saturated carbocycles. The second kappa shape index (κ2) is 8.33. The molecule has 0 atom stereocenters. The molecule has 0 aliphatic heterocycles. The Bertz CT molecular complexity index is 815. The highest BCUT2D eigenvalue weighted by molar-refractivity contribution is 7.25. The van der Waals surface area contributed by atoms with Crippen LogP contribution in [0.25, 0.3) is 20.2 Å². The lowest BCUT2D eigenvalue weighted by Gasteiger charge is -2.30. The van der Waals surface area contributed by atoms with E-state index in [4.69, 9.17) is 0 Å². The Balaban J connectivity index is 1.64. The predicted octanol–water partition coefficient (Wildman–Crippen LogP) is 6.99. The second-order valence-corrected chi connectivity index (χ2v) is 9.10. The van der Waals surface area contributed by atoms with Gasteiger partial charge in [0.2, 0.25) is 0 Å². The van der Waals surface area contributed by atoms with E-state index < -0.39 is 0 Å². The molecule has 0 unspecified atom stereocenters. The van der Waals surface area contributed by atoms with Gasteiger partial charge in [-0.15, -0.1) is 11.3 Å². The van der Waals surface area contributed by atoms with Crippen molar-refractivity contribution in [3.63, 3.8) is 0 Å². The third-order valence-electron chi connectivity index (χ3n) is 5.17. The van der Waals surface area contributed by atoms with Crippen LogP contribution < -0.4 is 0 Å². The van der Waals surface area contributed by atoms with Crippen molar-refractivity contribution in [1.29, 1.82) is 0 Å². The van der Waals surface area contributed by atoms with Gasteiger partial charge in [0.05, 0.1) is 20.6 Å². The van der Waals surface area contributed by atoms with E-state index in [1.165, 1.54) is 70.8 Å². The van der Waals surface area contributed by atoms with Crippen LogP contribution in [0.2, 0.25) is 0 Å². The monoisotopic (exact) mass is 354 g/mol. The Morgan fingerprint density at radius 3 is 2.36 bits per heavy atom. The topological polar surface area (TPSA) is 0 Å². The second-order valence-electron chi connectivity index (χ2n) is 8.01. The van der Waals surface area contributed by atoms with E-state index in [2.05, 4.69) is 63.5 Å². The first-order valence-corrected chi connectivity index (χ1v) is 10.6. The zero-order chi connectivity index (χ0) is 17.7. The molecule has 134 valence electrons. The number of nitrogens with zero attached hydrogens (tertiary/aromatic N) is 1. The van der Waals surface area contributed by atoms with E-state index in [1.807, 2.05) is 11.3 Å². The van der Waals surface area contributed by atoms with Crippen LogP contribution in [0.4, 0.5) is 0 Å². The molecule has 0 aliphatic carbocycles. The number of hydrogen-bond donors (Lipinski definition) is 0. The maximum absolute atomic E-state index is 2.43. The lowest BCUT2D eigenvalue weighted by atomic mass is 10.1. The van der Waals surface area contributed by atoms with Crippen LogP contribution in [0.1, 0.15) is 51.0 Å². The maximum atomic E-state index is 2.43. The highest BCUT2D eigenvalue weighted by Gasteiger charge is 2.16. The minimum atomic E-state index is 1.08. The van der Waals surface area contributed by atoms with E-state index in [0.717, 1.165) is 11.0 Å². The predicted molar refractivity (Wildman–Crippen MR) is 113 cm³/mol. The van der Waals surface area contributed by atoms with Crippen LogP contribution in [0.3, 0.4) is 0 Å². The molecule has 0 radical (unpaired) electrons. The third-order valence-corrected chi connectivity index (χ3v) is 6.32. The molecule has 2 heteroatoms. The summed E-state index contributed by atoms with van der Waals surface area (Å²) < 4.78 is 3.89. The zero-order valence-electron chi connectivity index (χ0n) is 16.1. The molecule has 1 heterocycles. The minimum absolute atomic E-state index is 1.08. The quantitative estimate of drug-likeness (QED) is 0.287. The summed E-state index contributed by atoms with van der Waals surface area (Å²) in [6.45, 7) is 4.68. The van der Waals surface area contributed by atoms with Gasteiger partial charge in [-0.3, -0.25) is 0 Å². The van der Waals surface area contributed by atoms with E-state index in [9.17, 15) is 0 Å². The average molecular weight is 355 g/mol. The van der Waals surface area contributed by atoms with Gasteiger partial charge in [0.25, 0.3) is 0 Å². The molecule has 0 N–H and O–H groups in total. The lowest BCUT2D eigenvalue weighted by molar-refractivity contribution is -0.903. The van der Waals surface area contributed by atoms with Crippen LogP contribution in [-0.2, 0) is 6.54 Å². The molecule has 25 heavy (non-hydrogen) atoms. The molecule has 0 aliphatic rings. The van der Waals surface area contributed by atoms with Crippen molar-refractivity contribution in [3.8, 4) is 0 Å². The maximum Gasteiger partial charge on any atom is 0.104 e. The summed E-state index contributed by atoms with van der Waals surface area (Å²) in [7, 11) is 4.75. The van der Waals surface area contributed by atoms with Crippen molar-refractivity contribution in [2.24, 2.45) is 0 Å². The molecule has 2 aromatic carbocycles. The van der Waals surface area contributed by atoms with E-state index in [-0.39, 0.29) is 0 Å². The van der Waals surface area contributed by atoms with Crippen molar-refractivity contribution in [1.82, 2.24) is 0 Å². The molecule has 0 amide bonds. The van der Waals surface area contributed by atoms with Crippen molar-refractivity contribution >= 4 is 31.5 Å². The SMILES string of the molecule is CCCCCCCC[N+](C)(C)Cc1ccc2sc3ccccc3c2c1. The van der Waals surface area contributed by atoms with Crippen LogP contribution in [-0.4, -0.2) is 25.1 Å². The number of thiophene rings is 1. The number of hydrogen-bond acceptors (Lipinski definition) is 1. The number of unbranched alkanes of at least 4 members (excludes halogenated alkanes) is 5. The van der Waals surface area contributed by atoms with Crippen molar-refractivity contribution < 1.29 is 4.48 Å². The number of benzene rings is 2. The van der Waals surface area contributed by atoms with Gasteiger partial charge in [-0.2, -0.15) is 0 Å². The Morgan fingerprint density at radius 2 is 1.52 bits per heavy atom. The third kappa shape index (κ3) is 4.83. The molecule has 3 rings (SSSR count). The summed E-state index contributed by atoms with van der Waals surface area (Å²) in [6.07, 6.45) is 8.27. The van der Waals surface area contributed by atoms with Gasteiger partial charge in [-0.25, -0.2) is 0 Å². The Hall–Kier alpha value is -1.38.